The van der Waals surface area contributed by atoms with Crippen LogP contribution in [0.3, 0.4) is 0 Å². The second kappa shape index (κ2) is 5.99. The van der Waals surface area contributed by atoms with Crippen molar-refractivity contribution < 1.29 is 18.0 Å². The Morgan fingerprint density at radius 1 is 1.28 bits per heavy atom. The number of fused-ring (bicyclic) bond motifs is 1. The summed E-state index contributed by atoms with van der Waals surface area (Å²) in [5.41, 5.74) is -1.07. The second-order valence-corrected chi connectivity index (χ2v) is 6.55. The van der Waals surface area contributed by atoms with Crippen LogP contribution in [0.2, 0.25) is 0 Å². The summed E-state index contributed by atoms with van der Waals surface area (Å²) in [7, 11) is 0. The number of hydrogen-bond acceptors (Lipinski definition) is 4. The molecule has 1 aromatic carbocycles. The van der Waals surface area contributed by atoms with Crippen molar-refractivity contribution in [2.45, 2.75) is 20.0 Å². The van der Waals surface area contributed by atoms with Gasteiger partial charge in [-0.15, -0.1) is 11.3 Å². The molecule has 0 aliphatic rings. The molecule has 5 nitrogen and oxygen atoms in total. The summed E-state index contributed by atoms with van der Waals surface area (Å²) in [6, 6.07) is 4.20. The summed E-state index contributed by atoms with van der Waals surface area (Å²) in [4.78, 5) is 30.3. The van der Waals surface area contributed by atoms with Gasteiger partial charge in [0, 0.05) is 22.5 Å². The minimum atomic E-state index is -4.52. The molecule has 0 radical (unpaired) electrons. The molecule has 0 bridgehead atoms. The number of rotatable bonds is 2. The van der Waals surface area contributed by atoms with Crippen LogP contribution in [0.25, 0.3) is 4.96 Å². The van der Waals surface area contributed by atoms with Crippen LogP contribution in [0, 0.1) is 13.8 Å². The molecule has 2 heterocycles. The first-order valence-corrected chi connectivity index (χ1v) is 7.96. The van der Waals surface area contributed by atoms with E-state index in [9.17, 15) is 22.8 Å². The third kappa shape index (κ3) is 3.14. The highest BCUT2D eigenvalue weighted by atomic mass is 32.1. The number of alkyl halides is 3. The lowest BCUT2D eigenvalue weighted by Gasteiger charge is -2.09. The summed E-state index contributed by atoms with van der Waals surface area (Å²) in [5, 5.41) is 2.31. The van der Waals surface area contributed by atoms with Gasteiger partial charge in [0.25, 0.3) is 11.5 Å². The van der Waals surface area contributed by atoms with Gasteiger partial charge in [-0.05, 0) is 32.0 Å². The molecule has 0 atom stereocenters. The summed E-state index contributed by atoms with van der Waals surface area (Å²) in [6.45, 7) is 3.56. The Labute approximate surface area is 143 Å². The quantitative estimate of drug-likeness (QED) is 0.752. The zero-order valence-corrected chi connectivity index (χ0v) is 14.0. The molecule has 0 aliphatic heterocycles. The first kappa shape index (κ1) is 17.2. The van der Waals surface area contributed by atoms with Crippen LogP contribution in [-0.4, -0.2) is 15.3 Å². The minimum absolute atomic E-state index is 0.0532. The lowest BCUT2D eigenvalue weighted by atomic mass is 10.2. The Kier molecular flexibility index (Phi) is 4.11. The van der Waals surface area contributed by atoms with Crippen molar-refractivity contribution in [1.82, 2.24) is 9.38 Å². The first-order valence-electron chi connectivity index (χ1n) is 7.15. The molecule has 9 heteroatoms. The second-order valence-electron chi connectivity index (χ2n) is 5.37. The van der Waals surface area contributed by atoms with Gasteiger partial charge in [0.15, 0.2) is 4.96 Å². The van der Waals surface area contributed by atoms with Crippen LogP contribution in [0.1, 0.15) is 26.5 Å². The SMILES string of the molecule is Cc1sc2ncc(C(=O)Nc3cccc(C(F)(F)F)c3)c(=O)n2c1C. The van der Waals surface area contributed by atoms with Gasteiger partial charge >= 0.3 is 6.18 Å². The molecule has 130 valence electrons. The van der Waals surface area contributed by atoms with Crippen LogP contribution in [-0.2, 0) is 6.18 Å². The third-order valence-electron chi connectivity index (χ3n) is 3.71. The monoisotopic (exact) mass is 367 g/mol. The van der Waals surface area contributed by atoms with Gasteiger partial charge in [0.2, 0.25) is 0 Å². The molecule has 0 saturated heterocycles. The van der Waals surface area contributed by atoms with Gasteiger partial charge in [-0.1, -0.05) is 6.07 Å². The largest absolute Gasteiger partial charge is 0.416 e. The summed E-state index contributed by atoms with van der Waals surface area (Å²) in [6.07, 6.45) is -3.39. The van der Waals surface area contributed by atoms with Crippen LogP contribution in [0.5, 0.6) is 0 Å². The van der Waals surface area contributed by atoms with E-state index in [0.29, 0.717) is 10.7 Å². The number of anilines is 1. The smallest absolute Gasteiger partial charge is 0.322 e. The summed E-state index contributed by atoms with van der Waals surface area (Å²) in [5.74, 6) is -0.811. The van der Waals surface area contributed by atoms with E-state index >= 15 is 0 Å². The van der Waals surface area contributed by atoms with Crippen molar-refractivity contribution in [3.05, 3.63) is 62.5 Å². The van der Waals surface area contributed by atoms with E-state index in [1.165, 1.54) is 27.9 Å². The van der Waals surface area contributed by atoms with E-state index in [4.69, 9.17) is 0 Å². The highest BCUT2D eigenvalue weighted by Crippen LogP contribution is 2.30. The van der Waals surface area contributed by atoms with E-state index in [0.717, 1.165) is 23.2 Å². The summed E-state index contributed by atoms with van der Waals surface area (Å²) >= 11 is 1.32. The number of nitrogens with zero attached hydrogens (tertiary/aromatic N) is 2. The topological polar surface area (TPSA) is 63.5 Å². The van der Waals surface area contributed by atoms with Gasteiger partial charge in [0.05, 0.1) is 5.56 Å². The molecule has 0 spiro atoms. The molecular weight excluding hydrogens is 355 g/mol. The number of halogens is 3. The van der Waals surface area contributed by atoms with Gasteiger partial charge in [-0.3, -0.25) is 14.0 Å². The van der Waals surface area contributed by atoms with E-state index < -0.39 is 23.2 Å². The number of amides is 1. The Balaban J connectivity index is 1.97. The molecule has 3 aromatic rings. The van der Waals surface area contributed by atoms with Crippen LogP contribution in [0.15, 0.2) is 35.3 Å². The Morgan fingerprint density at radius 3 is 2.68 bits per heavy atom. The zero-order valence-electron chi connectivity index (χ0n) is 13.1. The number of hydrogen-bond donors (Lipinski definition) is 1. The van der Waals surface area contributed by atoms with E-state index in [-0.39, 0.29) is 11.3 Å². The normalized spacial score (nSPS) is 11.7. The van der Waals surface area contributed by atoms with E-state index in [1.54, 1.807) is 6.92 Å². The number of carbonyl (C=O) groups is 1. The third-order valence-corrected chi connectivity index (χ3v) is 4.78. The maximum Gasteiger partial charge on any atom is 0.416 e. The predicted octanol–water partition coefficient (Wildman–Crippen LogP) is 3.64. The van der Waals surface area contributed by atoms with Crippen molar-refractivity contribution in [2.24, 2.45) is 0 Å². The van der Waals surface area contributed by atoms with Crippen LogP contribution >= 0.6 is 11.3 Å². The molecule has 1 N–H and O–H groups in total. The Morgan fingerprint density at radius 2 is 2.00 bits per heavy atom. The molecule has 2 aromatic heterocycles. The van der Waals surface area contributed by atoms with Crippen molar-refractivity contribution in [1.29, 1.82) is 0 Å². The maximum absolute atomic E-state index is 12.7. The number of aromatic nitrogens is 2. The fraction of sp³-hybridized carbons (Fsp3) is 0.188. The average Bonchev–Trinajstić information content (AvgIpc) is 2.82. The lowest BCUT2D eigenvalue weighted by Crippen LogP contribution is -2.26. The van der Waals surface area contributed by atoms with Crippen molar-refractivity contribution in [3.8, 4) is 0 Å². The molecule has 0 fully saturated rings. The number of nitrogens with one attached hydrogen (secondary N) is 1. The van der Waals surface area contributed by atoms with E-state index in [2.05, 4.69) is 10.3 Å². The minimum Gasteiger partial charge on any atom is -0.322 e. The molecular formula is C16H12F3N3O2S. The van der Waals surface area contributed by atoms with Gasteiger partial charge in [-0.25, -0.2) is 4.98 Å². The van der Waals surface area contributed by atoms with Crippen LogP contribution < -0.4 is 10.9 Å². The summed E-state index contributed by atoms with van der Waals surface area (Å²) < 4.78 is 39.5. The molecule has 1 amide bonds. The van der Waals surface area contributed by atoms with Gasteiger partial charge < -0.3 is 5.32 Å². The molecule has 25 heavy (non-hydrogen) atoms. The highest BCUT2D eigenvalue weighted by Gasteiger charge is 2.30. The fourth-order valence-electron chi connectivity index (χ4n) is 2.30. The number of benzene rings is 1. The number of carbonyl (C=O) groups excluding carboxylic acids is 1. The van der Waals surface area contributed by atoms with Gasteiger partial charge in [-0.2, -0.15) is 13.2 Å². The fourth-order valence-corrected chi connectivity index (χ4v) is 3.23. The molecule has 0 aliphatic carbocycles. The van der Waals surface area contributed by atoms with Crippen molar-refractivity contribution >= 4 is 27.9 Å². The van der Waals surface area contributed by atoms with Crippen molar-refractivity contribution in [2.75, 3.05) is 5.32 Å². The lowest BCUT2D eigenvalue weighted by molar-refractivity contribution is -0.137. The Hall–Kier alpha value is -2.68. The number of aryl methyl sites for hydroxylation is 2. The standard InChI is InChI=1S/C16H12F3N3O2S/c1-8-9(2)25-15-20-7-12(14(24)22(8)15)13(23)21-11-5-3-4-10(6-11)16(17,18)19/h3-7H,1-2H3,(H,21,23). The molecule has 3 rings (SSSR count). The van der Waals surface area contributed by atoms with Crippen LogP contribution in [0.4, 0.5) is 18.9 Å². The van der Waals surface area contributed by atoms with Gasteiger partial charge in [0.1, 0.15) is 5.56 Å². The first-order chi connectivity index (χ1) is 11.7. The highest BCUT2D eigenvalue weighted by molar-refractivity contribution is 7.17. The predicted molar refractivity (Wildman–Crippen MR) is 88.2 cm³/mol. The Bertz CT molecular complexity index is 1040. The molecule has 0 unspecified atom stereocenters. The van der Waals surface area contributed by atoms with Crippen molar-refractivity contribution in [3.63, 3.8) is 0 Å². The molecule has 0 saturated carbocycles. The zero-order chi connectivity index (χ0) is 18.4. The van der Waals surface area contributed by atoms with E-state index in [1.807, 2.05) is 6.92 Å². The maximum atomic E-state index is 12.7. The average molecular weight is 367 g/mol. The number of thiazole rings is 1.